The van der Waals surface area contributed by atoms with Crippen LogP contribution in [0.3, 0.4) is 0 Å². The van der Waals surface area contributed by atoms with Gasteiger partial charge in [0.15, 0.2) is 10.1 Å². The molecule has 0 aliphatic heterocycles. The van der Waals surface area contributed by atoms with Gasteiger partial charge in [0, 0.05) is 12.0 Å². The molecular formula is C16H18FN3O2S2. The first-order valence-corrected chi connectivity index (χ1v) is 9.43. The highest BCUT2D eigenvalue weighted by Gasteiger charge is 2.11. The zero-order valence-electron chi connectivity index (χ0n) is 13.3. The van der Waals surface area contributed by atoms with E-state index in [0.717, 1.165) is 19.3 Å². The summed E-state index contributed by atoms with van der Waals surface area (Å²) < 4.78 is 13.4. The van der Waals surface area contributed by atoms with Gasteiger partial charge in [-0.2, -0.15) is 0 Å². The number of anilines is 1. The van der Waals surface area contributed by atoms with E-state index in [1.54, 1.807) is 0 Å². The minimum absolute atomic E-state index is 0.0708. The number of thioether (sulfide) groups is 1. The fraction of sp³-hybridized carbons (Fsp3) is 0.375. The van der Waals surface area contributed by atoms with E-state index in [4.69, 9.17) is 0 Å². The van der Waals surface area contributed by atoms with Crippen LogP contribution < -0.4 is 5.32 Å². The average Bonchev–Trinajstić information content (AvgIpc) is 3.01. The summed E-state index contributed by atoms with van der Waals surface area (Å²) in [5.74, 6) is -0.369. The summed E-state index contributed by atoms with van der Waals surface area (Å²) in [4.78, 5) is 23.7. The van der Waals surface area contributed by atoms with Gasteiger partial charge in [-0.05, 0) is 30.7 Å². The molecule has 0 radical (unpaired) electrons. The first-order valence-electron chi connectivity index (χ1n) is 7.63. The maximum absolute atomic E-state index is 12.8. The quantitative estimate of drug-likeness (QED) is 0.312. The van der Waals surface area contributed by atoms with E-state index in [2.05, 4.69) is 22.4 Å². The molecule has 1 N–H and O–H groups in total. The van der Waals surface area contributed by atoms with Crippen molar-refractivity contribution in [2.24, 2.45) is 0 Å². The van der Waals surface area contributed by atoms with Crippen molar-refractivity contribution in [2.45, 2.75) is 36.9 Å². The fourth-order valence-corrected chi connectivity index (χ4v) is 3.54. The first kappa shape index (κ1) is 18.5. The Bertz CT molecular complexity index is 689. The van der Waals surface area contributed by atoms with Crippen molar-refractivity contribution in [3.8, 4) is 0 Å². The maximum Gasteiger partial charge on any atom is 0.226 e. The minimum Gasteiger partial charge on any atom is -0.301 e. The van der Waals surface area contributed by atoms with Gasteiger partial charge < -0.3 is 5.32 Å². The van der Waals surface area contributed by atoms with Gasteiger partial charge in [-0.3, -0.25) is 9.59 Å². The fourth-order valence-electron chi connectivity index (χ4n) is 1.88. The highest BCUT2D eigenvalue weighted by atomic mass is 32.2. The number of rotatable bonds is 9. The number of hydrogen-bond donors (Lipinski definition) is 1. The molecule has 2 aromatic rings. The summed E-state index contributed by atoms with van der Waals surface area (Å²) in [7, 11) is 0. The van der Waals surface area contributed by atoms with Crippen molar-refractivity contribution in [1.29, 1.82) is 0 Å². The SMILES string of the molecule is CCCCCC(=O)Nc1nnc(SCC(=O)c2ccc(F)cc2)s1. The van der Waals surface area contributed by atoms with Crippen LogP contribution in [0.15, 0.2) is 28.6 Å². The summed E-state index contributed by atoms with van der Waals surface area (Å²) in [5, 5.41) is 11.0. The second kappa shape index (κ2) is 9.48. The Labute approximate surface area is 148 Å². The summed E-state index contributed by atoms with van der Waals surface area (Å²) >= 11 is 2.48. The predicted octanol–water partition coefficient (Wildman–Crippen LogP) is 4.17. The van der Waals surface area contributed by atoms with Gasteiger partial charge in [-0.15, -0.1) is 10.2 Å². The number of nitrogens with one attached hydrogen (secondary N) is 1. The molecule has 0 saturated carbocycles. The lowest BCUT2D eigenvalue weighted by atomic mass is 10.1. The first-order chi connectivity index (χ1) is 11.6. The van der Waals surface area contributed by atoms with Crippen LogP contribution in [0.4, 0.5) is 9.52 Å². The number of ketones is 1. The largest absolute Gasteiger partial charge is 0.301 e. The molecule has 1 heterocycles. The summed E-state index contributed by atoms with van der Waals surface area (Å²) in [5.41, 5.74) is 0.456. The van der Waals surface area contributed by atoms with Crippen LogP contribution in [0.5, 0.6) is 0 Å². The van der Waals surface area contributed by atoms with Crippen LogP contribution >= 0.6 is 23.1 Å². The monoisotopic (exact) mass is 367 g/mol. The molecule has 1 amide bonds. The standard InChI is InChI=1S/C16H18FN3O2S2/c1-2-3-4-5-14(22)18-15-19-20-16(24-15)23-10-13(21)11-6-8-12(17)9-7-11/h6-9H,2-5,10H2,1H3,(H,18,19,22). The molecular weight excluding hydrogens is 349 g/mol. The Morgan fingerprint density at radius 3 is 2.67 bits per heavy atom. The molecule has 0 spiro atoms. The Morgan fingerprint density at radius 1 is 1.21 bits per heavy atom. The van der Waals surface area contributed by atoms with Crippen LogP contribution in [0.1, 0.15) is 43.0 Å². The highest BCUT2D eigenvalue weighted by molar-refractivity contribution is 8.01. The summed E-state index contributed by atoms with van der Waals surface area (Å²) in [6.45, 7) is 2.08. The number of nitrogens with zero attached hydrogens (tertiary/aromatic N) is 2. The molecule has 0 aliphatic rings. The third-order valence-electron chi connectivity index (χ3n) is 3.15. The molecule has 0 saturated heterocycles. The van der Waals surface area contributed by atoms with Crippen molar-refractivity contribution >= 4 is 39.9 Å². The summed E-state index contributed by atoms with van der Waals surface area (Å²) in [6.07, 6.45) is 3.42. The Morgan fingerprint density at radius 2 is 1.96 bits per heavy atom. The normalized spacial score (nSPS) is 10.6. The zero-order valence-corrected chi connectivity index (χ0v) is 14.9. The third-order valence-corrected chi connectivity index (χ3v) is 5.13. The number of benzene rings is 1. The van der Waals surface area contributed by atoms with Crippen LogP contribution in [0, 0.1) is 5.82 Å². The number of Topliss-reactive ketones (excluding diaryl/α,β-unsaturated/α-hetero) is 1. The molecule has 0 unspecified atom stereocenters. The highest BCUT2D eigenvalue weighted by Crippen LogP contribution is 2.26. The molecule has 0 bridgehead atoms. The molecule has 24 heavy (non-hydrogen) atoms. The van der Waals surface area contributed by atoms with Gasteiger partial charge in [0.25, 0.3) is 0 Å². The smallest absolute Gasteiger partial charge is 0.226 e. The molecule has 8 heteroatoms. The van der Waals surface area contributed by atoms with Crippen molar-refractivity contribution < 1.29 is 14.0 Å². The van der Waals surface area contributed by atoms with E-state index < -0.39 is 0 Å². The molecule has 1 aromatic heterocycles. The predicted molar refractivity (Wildman–Crippen MR) is 94.1 cm³/mol. The van der Waals surface area contributed by atoms with Gasteiger partial charge in [0.2, 0.25) is 11.0 Å². The third kappa shape index (κ3) is 6.01. The van der Waals surface area contributed by atoms with E-state index in [1.807, 2.05) is 0 Å². The molecule has 2 rings (SSSR count). The number of hydrogen-bond acceptors (Lipinski definition) is 6. The number of amides is 1. The Kier molecular flexibility index (Phi) is 7.33. The van der Waals surface area contributed by atoms with Crippen molar-refractivity contribution in [3.63, 3.8) is 0 Å². The van der Waals surface area contributed by atoms with Crippen LogP contribution in [-0.4, -0.2) is 27.6 Å². The molecule has 0 aliphatic carbocycles. The van der Waals surface area contributed by atoms with Crippen molar-refractivity contribution in [3.05, 3.63) is 35.6 Å². The second-order valence-corrected chi connectivity index (χ2v) is 7.30. The molecule has 128 valence electrons. The molecule has 0 fully saturated rings. The minimum atomic E-state index is -0.373. The number of aromatic nitrogens is 2. The molecule has 0 atom stereocenters. The van der Waals surface area contributed by atoms with Gasteiger partial charge >= 0.3 is 0 Å². The van der Waals surface area contributed by atoms with Gasteiger partial charge in [0.05, 0.1) is 5.75 Å². The van der Waals surface area contributed by atoms with Gasteiger partial charge in [-0.1, -0.05) is 42.9 Å². The van der Waals surface area contributed by atoms with E-state index in [0.29, 0.717) is 21.5 Å². The van der Waals surface area contributed by atoms with Crippen molar-refractivity contribution in [1.82, 2.24) is 10.2 Å². The lowest BCUT2D eigenvalue weighted by Gasteiger charge is -2.00. The molecule has 1 aromatic carbocycles. The molecule has 5 nitrogen and oxygen atoms in total. The number of carbonyl (C=O) groups is 2. The number of halogens is 1. The van der Waals surface area contributed by atoms with E-state index in [1.165, 1.54) is 47.4 Å². The number of unbranched alkanes of at least 4 members (excludes halogenated alkanes) is 2. The maximum atomic E-state index is 12.8. The Hall–Kier alpha value is -1.80. The topological polar surface area (TPSA) is 72.0 Å². The van der Waals surface area contributed by atoms with Crippen LogP contribution in [-0.2, 0) is 4.79 Å². The average molecular weight is 367 g/mol. The van der Waals surface area contributed by atoms with Gasteiger partial charge in [-0.25, -0.2) is 4.39 Å². The van der Waals surface area contributed by atoms with Gasteiger partial charge in [0.1, 0.15) is 5.82 Å². The van der Waals surface area contributed by atoms with E-state index in [9.17, 15) is 14.0 Å². The lowest BCUT2D eigenvalue weighted by Crippen LogP contribution is -2.10. The second-order valence-electron chi connectivity index (χ2n) is 5.10. The van der Waals surface area contributed by atoms with Crippen molar-refractivity contribution in [2.75, 3.05) is 11.1 Å². The lowest BCUT2D eigenvalue weighted by molar-refractivity contribution is -0.116. The van der Waals surface area contributed by atoms with E-state index >= 15 is 0 Å². The zero-order chi connectivity index (χ0) is 17.4. The summed E-state index contributed by atoms with van der Waals surface area (Å²) in [6, 6.07) is 5.44. The van der Waals surface area contributed by atoms with Crippen LogP contribution in [0.2, 0.25) is 0 Å². The Balaban J connectivity index is 1.80. The number of carbonyl (C=O) groups excluding carboxylic acids is 2. The van der Waals surface area contributed by atoms with Crippen LogP contribution in [0.25, 0.3) is 0 Å². The van der Waals surface area contributed by atoms with E-state index in [-0.39, 0.29) is 23.3 Å².